The fraction of sp³-hybridized carbons (Fsp3) is 0.778. The van der Waals surface area contributed by atoms with E-state index in [0.29, 0.717) is 0 Å². The molecular weight excluding hydrogens is 172 g/mol. The average molecular weight is 186 g/mol. The summed E-state index contributed by atoms with van der Waals surface area (Å²) in [5.74, 6) is 1.01. The summed E-state index contributed by atoms with van der Waals surface area (Å²) in [5.41, 5.74) is -0.665. The van der Waals surface area contributed by atoms with Gasteiger partial charge in [-0.1, -0.05) is 12.2 Å². The van der Waals surface area contributed by atoms with Crippen LogP contribution in [0.5, 0.6) is 0 Å². The number of allylic oxidation sites excluding steroid dienone is 1. The summed E-state index contributed by atoms with van der Waals surface area (Å²) in [5, 5.41) is 10.1. The molecule has 2 rings (SSSR count). The van der Waals surface area contributed by atoms with Crippen molar-refractivity contribution in [2.24, 2.45) is 0 Å². The number of aliphatic hydroxyl groups is 1. The summed E-state index contributed by atoms with van der Waals surface area (Å²) < 4.78 is 5.41. The Morgan fingerprint density at radius 1 is 1.58 bits per heavy atom. The summed E-state index contributed by atoms with van der Waals surface area (Å²) in [6.07, 6.45) is 8.03. The highest BCUT2D eigenvalue weighted by Gasteiger charge is 2.38. The van der Waals surface area contributed by atoms with Crippen LogP contribution in [0.4, 0.5) is 0 Å². The van der Waals surface area contributed by atoms with Crippen LogP contribution in [0.15, 0.2) is 12.2 Å². The van der Waals surface area contributed by atoms with E-state index >= 15 is 0 Å². The van der Waals surface area contributed by atoms with Gasteiger partial charge < -0.3 is 9.29 Å². The molecule has 0 saturated carbocycles. The molecule has 12 heavy (non-hydrogen) atoms. The molecule has 0 amide bonds. The van der Waals surface area contributed by atoms with E-state index < -0.39 is 5.60 Å². The smallest absolute Gasteiger partial charge is 0.110 e. The van der Waals surface area contributed by atoms with Gasteiger partial charge >= 0.3 is 0 Å². The molecule has 2 nitrogen and oxygen atoms in total. The van der Waals surface area contributed by atoms with Gasteiger partial charge in [-0.05, 0) is 37.7 Å². The molecule has 3 heteroatoms. The molecule has 1 aliphatic carbocycles. The molecule has 2 aliphatic rings. The van der Waals surface area contributed by atoms with Gasteiger partial charge in [0.1, 0.15) is 11.7 Å². The number of hydrogen-bond acceptors (Lipinski definition) is 3. The molecule has 0 radical (unpaired) electrons. The molecule has 1 N–H and O–H groups in total. The SMILES string of the molecule is OC1(C2CCSO2)C=CCCC1. The van der Waals surface area contributed by atoms with Gasteiger partial charge in [-0.25, -0.2) is 0 Å². The lowest BCUT2D eigenvalue weighted by molar-refractivity contribution is -0.0201. The minimum atomic E-state index is -0.665. The van der Waals surface area contributed by atoms with E-state index in [2.05, 4.69) is 6.08 Å². The molecule has 1 heterocycles. The first-order valence-corrected chi connectivity index (χ1v) is 5.41. The molecule has 68 valence electrons. The standard InChI is InChI=1S/C9H14O2S/c10-9(5-2-1-3-6-9)8-4-7-12-11-8/h2,5,8,10H,1,3-4,6-7H2. The summed E-state index contributed by atoms with van der Waals surface area (Å²) in [6.45, 7) is 0. The van der Waals surface area contributed by atoms with Gasteiger partial charge in [0.25, 0.3) is 0 Å². The Labute approximate surface area is 77.2 Å². The molecule has 0 spiro atoms. The second kappa shape index (κ2) is 3.40. The highest BCUT2D eigenvalue weighted by molar-refractivity contribution is 7.94. The van der Waals surface area contributed by atoms with E-state index in [4.69, 9.17) is 4.18 Å². The molecule has 0 aromatic rings. The molecule has 1 fully saturated rings. The second-order valence-corrected chi connectivity index (χ2v) is 4.32. The van der Waals surface area contributed by atoms with Crippen LogP contribution in [0, 0.1) is 0 Å². The van der Waals surface area contributed by atoms with E-state index in [1.54, 1.807) is 0 Å². The van der Waals surface area contributed by atoms with Crippen LogP contribution in [-0.4, -0.2) is 22.6 Å². The molecular formula is C9H14O2S. The predicted molar refractivity (Wildman–Crippen MR) is 49.9 cm³/mol. The number of rotatable bonds is 1. The monoisotopic (exact) mass is 186 g/mol. The Balaban J connectivity index is 2.07. The fourth-order valence-corrected chi connectivity index (χ4v) is 2.64. The van der Waals surface area contributed by atoms with Crippen molar-refractivity contribution in [2.75, 3.05) is 5.75 Å². The molecule has 0 aromatic heterocycles. The third kappa shape index (κ3) is 1.53. The lowest BCUT2D eigenvalue weighted by Crippen LogP contribution is -2.40. The van der Waals surface area contributed by atoms with Crippen molar-refractivity contribution in [1.29, 1.82) is 0 Å². The van der Waals surface area contributed by atoms with E-state index in [1.165, 1.54) is 12.0 Å². The van der Waals surface area contributed by atoms with E-state index in [0.717, 1.165) is 31.4 Å². The van der Waals surface area contributed by atoms with Crippen molar-refractivity contribution in [3.63, 3.8) is 0 Å². The van der Waals surface area contributed by atoms with Gasteiger partial charge in [-0.15, -0.1) is 0 Å². The highest BCUT2D eigenvalue weighted by atomic mass is 32.2. The minimum Gasteiger partial charge on any atom is -0.383 e. The molecule has 2 atom stereocenters. The molecule has 1 saturated heterocycles. The summed E-state index contributed by atoms with van der Waals surface area (Å²) in [4.78, 5) is 0. The van der Waals surface area contributed by atoms with Crippen molar-refractivity contribution in [3.8, 4) is 0 Å². The van der Waals surface area contributed by atoms with Gasteiger partial charge in [0.15, 0.2) is 0 Å². The van der Waals surface area contributed by atoms with Crippen LogP contribution in [0.2, 0.25) is 0 Å². The summed E-state index contributed by atoms with van der Waals surface area (Å²) >= 11 is 1.48. The van der Waals surface area contributed by atoms with Crippen LogP contribution in [0.25, 0.3) is 0 Å². The third-order valence-electron chi connectivity index (χ3n) is 2.56. The maximum absolute atomic E-state index is 10.1. The summed E-state index contributed by atoms with van der Waals surface area (Å²) in [6, 6.07) is 0. The van der Waals surface area contributed by atoms with Crippen LogP contribution in [0.3, 0.4) is 0 Å². The van der Waals surface area contributed by atoms with Crippen molar-refractivity contribution in [2.45, 2.75) is 37.4 Å². The van der Waals surface area contributed by atoms with Crippen molar-refractivity contribution >= 4 is 12.0 Å². The molecule has 1 aliphatic heterocycles. The van der Waals surface area contributed by atoms with Crippen molar-refractivity contribution in [1.82, 2.24) is 0 Å². The second-order valence-electron chi connectivity index (χ2n) is 3.48. The largest absolute Gasteiger partial charge is 0.383 e. The molecule has 0 bridgehead atoms. The van der Waals surface area contributed by atoms with E-state index in [-0.39, 0.29) is 6.10 Å². The molecule has 0 aromatic carbocycles. The Morgan fingerprint density at radius 3 is 3.08 bits per heavy atom. The van der Waals surface area contributed by atoms with Crippen LogP contribution in [-0.2, 0) is 4.18 Å². The van der Waals surface area contributed by atoms with E-state index in [1.807, 2.05) is 6.08 Å². The van der Waals surface area contributed by atoms with Gasteiger partial charge in [0, 0.05) is 5.75 Å². The van der Waals surface area contributed by atoms with Gasteiger partial charge in [0.05, 0.1) is 0 Å². The van der Waals surface area contributed by atoms with Crippen LogP contribution in [0.1, 0.15) is 25.7 Å². The Bertz CT molecular complexity index is 187. The zero-order chi connectivity index (χ0) is 8.44. The van der Waals surface area contributed by atoms with Gasteiger partial charge in [0.2, 0.25) is 0 Å². The highest BCUT2D eigenvalue weighted by Crippen LogP contribution is 2.35. The van der Waals surface area contributed by atoms with Crippen LogP contribution >= 0.6 is 12.0 Å². The zero-order valence-electron chi connectivity index (χ0n) is 7.03. The minimum absolute atomic E-state index is 0.0269. The predicted octanol–water partition coefficient (Wildman–Crippen LogP) is 1.89. The van der Waals surface area contributed by atoms with Crippen molar-refractivity contribution in [3.05, 3.63) is 12.2 Å². The summed E-state index contributed by atoms with van der Waals surface area (Å²) in [7, 11) is 0. The zero-order valence-corrected chi connectivity index (χ0v) is 7.85. The normalized spacial score (nSPS) is 41.9. The first-order valence-electron chi connectivity index (χ1n) is 4.50. The fourth-order valence-electron chi connectivity index (χ4n) is 1.81. The van der Waals surface area contributed by atoms with Gasteiger partial charge in [-0.3, -0.25) is 0 Å². The Hall–Kier alpha value is 0.0100. The maximum Gasteiger partial charge on any atom is 0.110 e. The first kappa shape index (κ1) is 8.60. The van der Waals surface area contributed by atoms with Gasteiger partial charge in [-0.2, -0.15) is 0 Å². The Kier molecular flexibility index (Phi) is 2.44. The molecule has 2 unspecified atom stereocenters. The lowest BCUT2D eigenvalue weighted by atomic mass is 9.85. The quantitative estimate of drug-likeness (QED) is 0.501. The first-order chi connectivity index (χ1) is 5.81. The van der Waals surface area contributed by atoms with Crippen molar-refractivity contribution < 1.29 is 9.29 Å². The Morgan fingerprint density at radius 2 is 2.50 bits per heavy atom. The lowest BCUT2D eigenvalue weighted by Gasteiger charge is -2.31. The van der Waals surface area contributed by atoms with E-state index in [9.17, 15) is 5.11 Å². The van der Waals surface area contributed by atoms with Crippen LogP contribution < -0.4 is 0 Å². The third-order valence-corrected chi connectivity index (χ3v) is 3.33. The maximum atomic E-state index is 10.1. The topological polar surface area (TPSA) is 29.5 Å². The number of hydrogen-bond donors (Lipinski definition) is 1. The average Bonchev–Trinajstić information content (AvgIpc) is 2.58.